The van der Waals surface area contributed by atoms with E-state index in [0.29, 0.717) is 32.1 Å². The summed E-state index contributed by atoms with van der Waals surface area (Å²) >= 11 is 0. The van der Waals surface area contributed by atoms with E-state index in [0.717, 1.165) is 45.8 Å². The zero-order valence-corrected chi connectivity index (χ0v) is 49.4. The zero-order valence-electron chi connectivity index (χ0n) is 49.4. The molecule has 14 nitrogen and oxygen atoms in total. The van der Waals surface area contributed by atoms with Crippen LogP contribution >= 0.6 is 0 Å². The van der Waals surface area contributed by atoms with Crippen molar-refractivity contribution in [3.8, 4) is 0 Å². The zero-order chi connectivity index (χ0) is 59.2. The van der Waals surface area contributed by atoms with Crippen molar-refractivity contribution in [3.05, 3.63) is 107 Å². The van der Waals surface area contributed by atoms with Crippen molar-refractivity contribution in [2.24, 2.45) is 62.2 Å². The van der Waals surface area contributed by atoms with Crippen LogP contribution in [-0.2, 0) is 47.6 Å². The molecule has 10 aliphatic rings. The molecule has 4 N–H and O–H groups in total. The molecule has 2 spiro atoms. The lowest BCUT2D eigenvalue weighted by molar-refractivity contribution is -0.277. The molecular weight excluding hydrogens is 1050 g/mol. The smallest absolute Gasteiger partial charge is 0.306 e. The summed E-state index contributed by atoms with van der Waals surface area (Å²) in [6.45, 7) is 18.9. The molecule has 8 aliphatic carbocycles. The fraction of sp³-hybridized carbons (Fsp3) is 0.621. The molecule has 17 atom stereocenters. The number of alkyl halides is 2. The molecular formula is C66H84F2N2O12. The molecule has 0 bridgehead atoms. The molecule has 2 saturated heterocycles. The lowest BCUT2D eigenvalue weighted by atomic mass is 9.44. The fourth-order valence-corrected chi connectivity index (χ4v) is 18.2. The van der Waals surface area contributed by atoms with E-state index in [4.69, 9.17) is 39.1 Å². The summed E-state index contributed by atoms with van der Waals surface area (Å²) in [6, 6.07) is 15.7. The van der Waals surface area contributed by atoms with Crippen LogP contribution in [-0.4, -0.2) is 107 Å². The highest BCUT2D eigenvalue weighted by Gasteiger charge is 2.82. The van der Waals surface area contributed by atoms with Crippen LogP contribution in [0.4, 0.5) is 20.2 Å². The second kappa shape index (κ2) is 21.4. The Balaban J connectivity index is 0.000000167. The van der Waals surface area contributed by atoms with E-state index in [9.17, 15) is 29.4 Å². The monoisotopic (exact) mass is 1130 g/mol. The van der Waals surface area contributed by atoms with Crippen LogP contribution in [0.15, 0.2) is 101 Å². The quantitative estimate of drug-likeness (QED) is 0.175. The molecule has 2 aromatic carbocycles. The highest BCUT2D eigenvalue weighted by molar-refractivity contribution is 6.07. The van der Waals surface area contributed by atoms with E-state index in [1.807, 2.05) is 108 Å². The van der Waals surface area contributed by atoms with Crippen LogP contribution in [0.3, 0.4) is 0 Å². The number of carbonyl (C=O) groups excluding carboxylic acids is 4. The minimum absolute atomic E-state index is 0.0110. The van der Waals surface area contributed by atoms with E-state index >= 15 is 8.78 Å². The summed E-state index contributed by atoms with van der Waals surface area (Å²) in [4.78, 5) is 55.6. The number of aliphatic hydroxyl groups excluding tert-OH is 2. The van der Waals surface area contributed by atoms with Crippen molar-refractivity contribution in [1.82, 2.24) is 0 Å². The van der Waals surface area contributed by atoms with Crippen LogP contribution in [0.25, 0.3) is 0 Å². The maximum absolute atomic E-state index is 17.9. The van der Waals surface area contributed by atoms with Crippen LogP contribution in [0.2, 0.25) is 0 Å². The number of aliphatic imine (C=N–C) groups is 1. The number of anilines is 1. The summed E-state index contributed by atoms with van der Waals surface area (Å²) < 4.78 is 70.5. The van der Waals surface area contributed by atoms with Crippen molar-refractivity contribution in [3.63, 3.8) is 0 Å². The topological polar surface area (TPSA) is 202 Å². The van der Waals surface area contributed by atoms with Crippen molar-refractivity contribution in [1.29, 1.82) is 0 Å². The Labute approximate surface area is 481 Å². The maximum Gasteiger partial charge on any atom is 0.306 e. The van der Waals surface area contributed by atoms with E-state index < -0.39 is 98.4 Å². The minimum atomic E-state index is -2.01. The molecule has 8 fully saturated rings. The number of esters is 2. The van der Waals surface area contributed by atoms with Crippen molar-refractivity contribution in [2.45, 2.75) is 174 Å². The SMILES string of the molecule is CCC(=O)OCC(=O)[C@]1(OC(=O)CC)[C@@H](C)C[C@H]2[C@@H]3CCC4=CC(=Nc5ccccc5C)C=C[C@]4(C)[C@@]3(F)[C@@H](O)C[C@@]21C.C[C@H]1C[C@H]2[C@@H]3CCC4=CC(=O)C=C[C@]4(C)[C@@]3(F)[C@@H](O)C[C@]2(C)[C@]12OCOC21COCO1.Cc1ccccc1N. The fourth-order valence-electron chi connectivity index (χ4n) is 18.2. The standard InChI is InChI=1S/C35H44FNO6.C24H31FO6.C7H9N/c1-7-30(40)42-20-29(39)35(43-31(41)8-2)22(4)17-26-25-14-13-23-18-24(37-27-12-10-9-11-21(27)3)15-16-32(23,5)34(25,36)28(38)19-33(26,35)6;1-14-8-18-17-5-4-15-9-16(26)6-7-20(15,2)23(17,25)19(27)10-21(18,3)24(14)22(30-13-31-24)11-28-12-29-22;1-6-4-2-3-5-7(6)8/h9-12,15-16,18,22,25-26,28,38H,7-8,13-14,17,19-20H2,1-6H3;6-7,9,14,17-19,27H,4-5,8,10-13H2,1-3H3;2-5H,8H2,1H3/t22-,25-,26-,28-,32-,33-,34-,35+;14-,17-,18-,19-,20-,21-,22?,23-,24+;/m00./s1. The van der Waals surface area contributed by atoms with Gasteiger partial charge < -0.3 is 44.4 Å². The van der Waals surface area contributed by atoms with Gasteiger partial charge >= 0.3 is 11.9 Å². The highest BCUT2D eigenvalue weighted by Crippen LogP contribution is 2.75. The molecule has 82 heavy (non-hydrogen) atoms. The van der Waals surface area contributed by atoms with E-state index in [1.54, 1.807) is 26.0 Å². The summed E-state index contributed by atoms with van der Waals surface area (Å²) in [7, 11) is 0. The Morgan fingerprint density at radius 1 is 0.720 bits per heavy atom. The number of nitrogens with zero attached hydrogens (tertiary/aromatic N) is 1. The average Bonchev–Trinajstić information content (AvgIpc) is 1.43. The lowest BCUT2D eigenvalue weighted by Crippen LogP contribution is -2.71. The lowest BCUT2D eigenvalue weighted by Gasteiger charge is -2.63. The first-order chi connectivity index (χ1) is 38.7. The van der Waals surface area contributed by atoms with Gasteiger partial charge in [0.05, 0.1) is 23.6 Å². The molecule has 16 heteroatoms. The van der Waals surface area contributed by atoms with Crippen LogP contribution in [0.1, 0.15) is 131 Å². The summed E-state index contributed by atoms with van der Waals surface area (Å²) in [5, 5.41) is 23.4. The number of para-hydroxylation sites is 2. The number of hydrogen-bond donors (Lipinski definition) is 3. The van der Waals surface area contributed by atoms with Crippen molar-refractivity contribution < 1.29 is 66.6 Å². The number of rotatable bonds is 7. The number of nitrogen functional groups attached to an aromatic ring is 1. The summed E-state index contributed by atoms with van der Waals surface area (Å²) in [5.41, 5.74) is 1.91. The number of benzene rings is 2. The maximum atomic E-state index is 17.9. The van der Waals surface area contributed by atoms with Crippen molar-refractivity contribution >= 4 is 40.6 Å². The van der Waals surface area contributed by atoms with Gasteiger partial charge in [-0.3, -0.25) is 19.2 Å². The van der Waals surface area contributed by atoms with E-state index in [2.05, 4.69) is 13.8 Å². The van der Waals surface area contributed by atoms with Gasteiger partial charge in [-0.2, -0.15) is 0 Å². The Hall–Kier alpha value is -5.23. The van der Waals surface area contributed by atoms with Gasteiger partial charge in [-0.25, -0.2) is 13.8 Å². The van der Waals surface area contributed by atoms with Crippen LogP contribution < -0.4 is 5.73 Å². The third-order valence-electron chi connectivity index (χ3n) is 22.4. The number of fused-ring (bicyclic) bond motifs is 12. The largest absolute Gasteiger partial charge is 0.457 e. The predicted molar refractivity (Wildman–Crippen MR) is 304 cm³/mol. The number of nitrogens with two attached hydrogens (primary N) is 1. The van der Waals surface area contributed by atoms with Gasteiger partial charge in [-0.15, -0.1) is 0 Å². The second-order valence-corrected chi connectivity index (χ2v) is 26.1. The Morgan fingerprint density at radius 2 is 1.28 bits per heavy atom. The first-order valence-corrected chi connectivity index (χ1v) is 29.7. The van der Waals surface area contributed by atoms with Crippen molar-refractivity contribution in [2.75, 3.05) is 32.5 Å². The predicted octanol–water partition coefficient (Wildman–Crippen LogP) is 11.0. The van der Waals surface area contributed by atoms with Gasteiger partial charge in [0, 0.05) is 57.9 Å². The Morgan fingerprint density at radius 3 is 1.87 bits per heavy atom. The first kappa shape index (κ1) is 59.9. The molecule has 0 radical (unpaired) electrons. The number of ether oxygens (including phenoxy) is 6. The number of hydrogen-bond acceptors (Lipinski definition) is 14. The summed E-state index contributed by atoms with van der Waals surface area (Å²) in [5.74, 6) is -4.42. The molecule has 0 amide bonds. The number of allylic oxidation sites excluding steroid dienone is 8. The number of aryl methyl sites for hydroxylation is 2. The number of carbonyl (C=O) groups is 4. The number of halogens is 2. The van der Waals surface area contributed by atoms with E-state index in [-0.39, 0.29) is 75.3 Å². The second-order valence-electron chi connectivity index (χ2n) is 26.1. The Kier molecular flexibility index (Phi) is 15.6. The van der Waals surface area contributed by atoms with Gasteiger partial charge in [0.2, 0.25) is 11.6 Å². The van der Waals surface area contributed by atoms with Gasteiger partial charge in [0.1, 0.15) is 12.2 Å². The molecule has 0 aromatic heterocycles. The highest BCUT2D eigenvalue weighted by atomic mass is 19.1. The van der Waals surface area contributed by atoms with Crippen LogP contribution in [0.5, 0.6) is 0 Å². The average molecular weight is 1140 g/mol. The third kappa shape index (κ3) is 8.50. The number of Topliss-reactive ketones (excluding diaryl/α,β-unsaturated/α-hetero) is 1. The number of aliphatic hydroxyl groups is 2. The van der Waals surface area contributed by atoms with Crippen LogP contribution in [0, 0.1) is 71.0 Å². The minimum Gasteiger partial charge on any atom is -0.457 e. The van der Waals surface area contributed by atoms with E-state index in [1.165, 1.54) is 6.08 Å². The molecule has 12 rings (SSSR count). The third-order valence-corrected chi connectivity index (χ3v) is 22.4. The van der Waals surface area contributed by atoms with Gasteiger partial charge in [0.15, 0.2) is 42.9 Å². The molecule has 2 heterocycles. The molecule has 1 unspecified atom stereocenters. The van der Waals surface area contributed by atoms with Gasteiger partial charge in [-0.05, 0) is 144 Å². The van der Waals surface area contributed by atoms with Gasteiger partial charge in [0.25, 0.3) is 0 Å². The molecule has 2 aromatic rings. The summed E-state index contributed by atoms with van der Waals surface area (Å²) in [6.07, 6.45) is 11.7. The normalized spacial score (nSPS) is 43.1. The Bertz CT molecular complexity index is 3020. The molecule has 444 valence electrons. The molecule has 2 aliphatic heterocycles. The molecule has 6 saturated carbocycles. The number of ketones is 2. The first-order valence-electron chi connectivity index (χ1n) is 29.7. The van der Waals surface area contributed by atoms with Gasteiger partial charge in [-0.1, -0.05) is 101 Å².